The first-order valence-corrected chi connectivity index (χ1v) is 6.95. The van der Waals surface area contributed by atoms with Crippen LogP contribution in [0.25, 0.3) is 0 Å². The first-order chi connectivity index (χ1) is 8.90. The molecule has 0 unspecified atom stereocenters. The molecule has 0 saturated heterocycles. The van der Waals surface area contributed by atoms with Crippen molar-refractivity contribution in [1.29, 1.82) is 0 Å². The maximum absolute atomic E-state index is 10.9. The van der Waals surface area contributed by atoms with Crippen molar-refractivity contribution in [3.05, 3.63) is 11.7 Å². The van der Waals surface area contributed by atoms with Crippen LogP contribution in [-0.4, -0.2) is 38.9 Å². The number of nitrogens with one attached hydrogen (secondary N) is 1. The monoisotopic (exact) mass is 287 g/mol. The second-order valence-electron chi connectivity index (χ2n) is 4.31. The number of thioether (sulfide) groups is 1. The fourth-order valence-corrected chi connectivity index (χ4v) is 2.12. The van der Waals surface area contributed by atoms with Crippen LogP contribution in [0, 0.1) is 0 Å². The van der Waals surface area contributed by atoms with Crippen molar-refractivity contribution in [3.63, 3.8) is 0 Å². The van der Waals surface area contributed by atoms with Crippen molar-refractivity contribution in [3.8, 4) is 0 Å². The highest BCUT2D eigenvalue weighted by Crippen LogP contribution is 2.15. The number of rotatable bonds is 7. The molecule has 8 heteroatoms. The number of amides is 1. The second kappa shape index (κ2) is 7.13. The number of carbonyl (C=O) groups excluding carboxylic acids is 1. The average Bonchev–Trinajstić information content (AvgIpc) is 2.75. The molecule has 1 rings (SSSR count). The molecule has 7 nitrogen and oxygen atoms in total. The quantitative estimate of drug-likeness (QED) is 0.771. The van der Waals surface area contributed by atoms with Crippen molar-refractivity contribution in [2.24, 2.45) is 0 Å². The Hall–Kier alpha value is -1.57. The minimum Gasteiger partial charge on any atom is -0.480 e. The largest absolute Gasteiger partial charge is 0.480 e. The maximum atomic E-state index is 10.9. The average molecular weight is 287 g/mol. The Balaban J connectivity index is 2.42. The van der Waals surface area contributed by atoms with Crippen LogP contribution in [0.5, 0.6) is 0 Å². The molecule has 19 heavy (non-hydrogen) atoms. The van der Waals surface area contributed by atoms with E-state index >= 15 is 0 Å². The molecular formula is C11H17N3O4S. The molecule has 0 aliphatic carbocycles. The van der Waals surface area contributed by atoms with Crippen molar-refractivity contribution < 1.29 is 19.2 Å². The summed E-state index contributed by atoms with van der Waals surface area (Å²) in [6.07, 6.45) is 0. The first kappa shape index (κ1) is 15.5. The number of carboxylic acid groups (broad SMARTS) is 1. The SMILES string of the molecule is CC(=O)N[C@@H](CSCc1nc(C(C)C)no1)C(=O)O. The molecule has 0 spiro atoms. The number of aliphatic carboxylic acids is 1. The maximum Gasteiger partial charge on any atom is 0.327 e. The third kappa shape index (κ3) is 5.29. The Bertz CT molecular complexity index is 447. The second-order valence-corrected chi connectivity index (χ2v) is 5.34. The van der Waals surface area contributed by atoms with Crippen LogP contribution in [0.3, 0.4) is 0 Å². The zero-order chi connectivity index (χ0) is 14.4. The lowest BCUT2D eigenvalue weighted by molar-refractivity contribution is -0.140. The number of aromatic nitrogens is 2. The van der Waals surface area contributed by atoms with Crippen LogP contribution >= 0.6 is 11.8 Å². The predicted molar refractivity (Wildman–Crippen MR) is 69.8 cm³/mol. The van der Waals surface area contributed by atoms with Gasteiger partial charge in [0.05, 0.1) is 5.75 Å². The van der Waals surface area contributed by atoms with Gasteiger partial charge in [0.25, 0.3) is 0 Å². The van der Waals surface area contributed by atoms with Gasteiger partial charge in [-0.05, 0) is 0 Å². The highest BCUT2D eigenvalue weighted by atomic mass is 32.2. The molecule has 1 amide bonds. The highest BCUT2D eigenvalue weighted by molar-refractivity contribution is 7.98. The van der Waals surface area contributed by atoms with E-state index in [-0.39, 0.29) is 17.6 Å². The Labute approximate surface area is 115 Å². The Morgan fingerprint density at radius 1 is 1.47 bits per heavy atom. The number of carboxylic acids is 1. The van der Waals surface area contributed by atoms with E-state index < -0.39 is 12.0 Å². The summed E-state index contributed by atoms with van der Waals surface area (Å²) in [6, 6.07) is -0.907. The van der Waals surface area contributed by atoms with E-state index in [1.54, 1.807) is 0 Å². The summed E-state index contributed by atoms with van der Waals surface area (Å²) in [7, 11) is 0. The van der Waals surface area contributed by atoms with Gasteiger partial charge in [0, 0.05) is 18.6 Å². The molecule has 106 valence electrons. The third-order valence-electron chi connectivity index (χ3n) is 2.19. The summed E-state index contributed by atoms with van der Waals surface area (Å²) in [4.78, 5) is 25.9. The van der Waals surface area contributed by atoms with E-state index in [0.717, 1.165) is 0 Å². The van der Waals surface area contributed by atoms with Gasteiger partial charge >= 0.3 is 5.97 Å². The van der Waals surface area contributed by atoms with Crippen molar-refractivity contribution in [2.45, 2.75) is 38.5 Å². The van der Waals surface area contributed by atoms with Crippen LogP contribution in [0.1, 0.15) is 38.4 Å². The van der Waals surface area contributed by atoms with Crippen molar-refractivity contribution in [2.75, 3.05) is 5.75 Å². The smallest absolute Gasteiger partial charge is 0.327 e. The summed E-state index contributed by atoms with van der Waals surface area (Å²) in [5.41, 5.74) is 0. The molecule has 0 radical (unpaired) electrons. The lowest BCUT2D eigenvalue weighted by Gasteiger charge is -2.11. The van der Waals surface area contributed by atoms with Gasteiger partial charge < -0.3 is 14.9 Å². The van der Waals surface area contributed by atoms with E-state index in [1.807, 2.05) is 13.8 Å². The van der Waals surface area contributed by atoms with Crippen LogP contribution in [-0.2, 0) is 15.3 Å². The molecule has 1 atom stereocenters. The lowest BCUT2D eigenvalue weighted by atomic mass is 10.2. The minimum absolute atomic E-state index is 0.189. The molecule has 0 aromatic carbocycles. The zero-order valence-corrected chi connectivity index (χ0v) is 11.9. The van der Waals surface area contributed by atoms with Gasteiger partial charge in [0.1, 0.15) is 6.04 Å². The molecule has 0 saturated carbocycles. The predicted octanol–water partition coefficient (Wildman–Crippen LogP) is 1.02. The molecule has 1 aromatic rings. The van der Waals surface area contributed by atoms with Crippen LogP contribution in [0.15, 0.2) is 4.52 Å². The number of hydrogen-bond donors (Lipinski definition) is 2. The Morgan fingerprint density at radius 3 is 2.63 bits per heavy atom. The molecular weight excluding hydrogens is 270 g/mol. The summed E-state index contributed by atoms with van der Waals surface area (Å²) in [6.45, 7) is 5.20. The molecule has 0 bridgehead atoms. The van der Waals surface area contributed by atoms with E-state index in [0.29, 0.717) is 17.5 Å². The van der Waals surface area contributed by atoms with Crippen LogP contribution in [0.4, 0.5) is 0 Å². The van der Waals surface area contributed by atoms with E-state index in [1.165, 1.54) is 18.7 Å². The molecule has 0 fully saturated rings. The van der Waals surface area contributed by atoms with Crippen molar-refractivity contribution >= 4 is 23.6 Å². The molecule has 0 aliphatic rings. The molecule has 2 N–H and O–H groups in total. The van der Waals surface area contributed by atoms with Gasteiger partial charge in [-0.2, -0.15) is 4.98 Å². The number of hydrogen-bond acceptors (Lipinski definition) is 6. The van der Waals surface area contributed by atoms with Crippen LogP contribution in [0.2, 0.25) is 0 Å². The fourth-order valence-electron chi connectivity index (χ4n) is 1.25. The van der Waals surface area contributed by atoms with E-state index in [4.69, 9.17) is 9.63 Å². The summed E-state index contributed by atoms with van der Waals surface area (Å²) < 4.78 is 5.03. The van der Waals surface area contributed by atoms with Gasteiger partial charge in [-0.1, -0.05) is 19.0 Å². The summed E-state index contributed by atoms with van der Waals surface area (Å²) in [5.74, 6) is 0.516. The fraction of sp³-hybridized carbons (Fsp3) is 0.636. The summed E-state index contributed by atoms with van der Waals surface area (Å²) in [5, 5.41) is 15.1. The lowest BCUT2D eigenvalue weighted by Crippen LogP contribution is -2.41. The topological polar surface area (TPSA) is 105 Å². The van der Waals surface area contributed by atoms with Crippen molar-refractivity contribution in [1.82, 2.24) is 15.5 Å². The van der Waals surface area contributed by atoms with E-state index in [2.05, 4.69) is 15.5 Å². The van der Waals surface area contributed by atoms with Crippen LogP contribution < -0.4 is 5.32 Å². The molecule has 1 aromatic heterocycles. The Kier molecular flexibility index (Phi) is 5.81. The standard InChI is InChI=1S/C11H17N3O4S/c1-6(2)10-13-9(18-14-10)5-19-4-8(11(16)17)12-7(3)15/h6,8H,4-5H2,1-3H3,(H,12,15)(H,16,17)/t8-/m0/s1. The van der Waals surface area contributed by atoms with Gasteiger partial charge in [-0.3, -0.25) is 4.79 Å². The number of carbonyl (C=O) groups is 2. The highest BCUT2D eigenvalue weighted by Gasteiger charge is 2.19. The summed E-state index contributed by atoms with van der Waals surface area (Å²) >= 11 is 1.32. The minimum atomic E-state index is -1.06. The molecule has 0 aliphatic heterocycles. The van der Waals surface area contributed by atoms with Gasteiger partial charge in [0.15, 0.2) is 5.82 Å². The van der Waals surface area contributed by atoms with Gasteiger partial charge in [-0.15, -0.1) is 11.8 Å². The molecule has 1 heterocycles. The third-order valence-corrected chi connectivity index (χ3v) is 3.21. The van der Waals surface area contributed by atoms with E-state index in [9.17, 15) is 9.59 Å². The first-order valence-electron chi connectivity index (χ1n) is 5.80. The van der Waals surface area contributed by atoms with Gasteiger partial charge in [-0.25, -0.2) is 4.79 Å². The normalized spacial score (nSPS) is 12.4. The Morgan fingerprint density at radius 2 is 2.16 bits per heavy atom. The van der Waals surface area contributed by atoms with Gasteiger partial charge in [0.2, 0.25) is 11.8 Å². The number of nitrogens with zero attached hydrogens (tertiary/aromatic N) is 2. The zero-order valence-electron chi connectivity index (χ0n) is 11.0.